The fourth-order valence-corrected chi connectivity index (χ4v) is 2.06. The third-order valence-electron chi connectivity index (χ3n) is 3.19. The fourth-order valence-electron chi connectivity index (χ4n) is 2.06. The van der Waals surface area contributed by atoms with Crippen LogP contribution in [0, 0.1) is 0 Å². The molecule has 0 atom stereocenters. The first-order chi connectivity index (χ1) is 11.6. The van der Waals surface area contributed by atoms with Crippen LogP contribution in [0.25, 0.3) is 11.2 Å². The molecule has 2 N–H and O–H groups in total. The molecule has 3 rings (SSSR count). The van der Waals surface area contributed by atoms with Crippen LogP contribution in [0.15, 0.2) is 33.7 Å². The predicted octanol–water partition coefficient (Wildman–Crippen LogP) is 3.69. The van der Waals surface area contributed by atoms with Crippen molar-refractivity contribution in [3.63, 3.8) is 0 Å². The van der Waals surface area contributed by atoms with Crippen LogP contribution in [0.1, 0.15) is 11.1 Å². The summed E-state index contributed by atoms with van der Waals surface area (Å²) in [5, 5.41) is 8.93. The van der Waals surface area contributed by atoms with E-state index in [0.717, 1.165) is 6.07 Å². The van der Waals surface area contributed by atoms with Gasteiger partial charge in [0.25, 0.3) is 5.56 Å². The van der Waals surface area contributed by atoms with E-state index in [9.17, 15) is 31.1 Å². The lowest BCUT2D eigenvalue weighted by atomic mass is 10.1. The lowest BCUT2D eigenvalue weighted by Gasteiger charge is -2.16. The number of rotatable bonds is 2. The van der Waals surface area contributed by atoms with Crippen LogP contribution in [-0.2, 0) is 12.4 Å². The van der Waals surface area contributed by atoms with Crippen LogP contribution < -0.4 is 10.9 Å². The minimum atomic E-state index is -5.07. The maximum atomic E-state index is 13.1. The van der Waals surface area contributed by atoms with E-state index in [2.05, 4.69) is 25.2 Å². The molecule has 1 aromatic carbocycles. The average Bonchev–Trinajstić information content (AvgIpc) is 2.92. The molecular weight excluding hydrogens is 358 g/mol. The van der Waals surface area contributed by atoms with Crippen molar-refractivity contribution >= 4 is 22.5 Å². The monoisotopic (exact) mass is 364 g/mol. The minimum absolute atomic E-state index is 0.0287. The third kappa shape index (κ3) is 3.27. The molecule has 0 amide bonds. The van der Waals surface area contributed by atoms with E-state index in [1.54, 1.807) is 0 Å². The van der Waals surface area contributed by atoms with Crippen LogP contribution in [0.4, 0.5) is 37.7 Å². The smallest absolute Gasteiger partial charge is 0.350 e. The predicted molar refractivity (Wildman–Crippen MR) is 72.2 cm³/mol. The second kappa shape index (κ2) is 5.50. The van der Waals surface area contributed by atoms with Gasteiger partial charge in [-0.3, -0.25) is 4.79 Å². The first-order valence-electron chi connectivity index (χ1n) is 6.47. The van der Waals surface area contributed by atoms with Gasteiger partial charge in [0.15, 0.2) is 5.52 Å². The summed E-state index contributed by atoms with van der Waals surface area (Å²) in [6.07, 6.45) is -10.0. The van der Waals surface area contributed by atoms with E-state index in [0.29, 0.717) is 12.1 Å². The topological polar surface area (TPSA) is 83.8 Å². The first-order valence-corrected chi connectivity index (χ1v) is 6.47. The van der Waals surface area contributed by atoms with Gasteiger partial charge < -0.3 is 10.3 Å². The number of anilines is 2. The van der Waals surface area contributed by atoms with Gasteiger partial charge in [0.05, 0.1) is 16.8 Å². The molecule has 6 nitrogen and oxygen atoms in total. The second-order valence-corrected chi connectivity index (χ2v) is 4.89. The zero-order chi connectivity index (χ0) is 18.4. The van der Waals surface area contributed by atoms with Gasteiger partial charge in [0, 0.05) is 6.07 Å². The number of aromatic nitrogens is 3. The SMILES string of the molecule is O=c1[nH]c2nonc2cc1Nc1ccc(C(F)(F)F)cc1C(F)(F)F. The largest absolute Gasteiger partial charge is 0.418 e. The van der Waals surface area contributed by atoms with Gasteiger partial charge in [0.2, 0.25) is 5.65 Å². The molecule has 12 heteroatoms. The summed E-state index contributed by atoms with van der Waals surface area (Å²) in [7, 11) is 0. The lowest BCUT2D eigenvalue weighted by Crippen LogP contribution is -2.16. The van der Waals surface area contributed by atoms with Crippen LogP contribution in [0.2, 0.25) is 0 Å². The molecule has 0 saturated carbocycles. The maximum Gasteiger partial charge on any atom is 0.418 e. The highest BCUT2D eigenvalue weighted by Crippen LogP contribution is 2.40. The van der Waals surface area contributed by atoms with Gasteiger partial charge in [0.1, 0.15) is 5.69 Å². The molecule has 132 valence electrons. The number of H-pyrrole nitrogens is 1. The maximum absolute atomic E-state index is 13.1. The number of alkyl halides is 6. The Morgan fingerprint density at radius 3 is 2.32 bits per heavy atom. The standard InChI is InChI=1S/C13H6F6N4O2/c14-12(15,16)5-1-2-7(6(3-5)13(17,18)19)20-9-4-8-10(21-11(9)24)23-25-22-8/h1-4,20H,(H,21,23,24). The van der Waals surface area contributed by atoms with E-state index in [4.69, 9.17) is 0 Å². The van der Waals surface area contributed by atoms with Crippen molar-refractivity contribution in [2.24, 2.45) is 0 Å². The Labute approximate surface area is 133 Å². The van der Waals surface area contributed by atoms with Gasteiger partial charge in [-0.05, 0) is 28.5 Å². The van der Waals surface area contributed by atoms with E-state index < -0.39 is 34.7 Å². The molecule has 0 saturated heterocycles. The van der Waals surface area contributed by atoms with Crippen LogP contribution in [-0.4, -0.2) is 15.3 Å². The van der Waals surface area contributed by atoms with E-state index in [1.807, 2.05) is 0 Å². The summed E-state index contributed by atoms with van der Waals surface area (Å²) in [5.74, 6) is 0. The number of aromatic amines is 1. The Hall–Kier alpha value is -3.05. The zero-order valence-corrected chi connectivity index (χ0v) is 11.8. The summed E-state index contributed by atoms with van der Waals surface area (Å²) in [6.45, 7) is 0. The second-order valence-electron chi connectivity index (χ2n) is 4.89. The Bertz CT molecular complexity index is 989. The Morgan fingerprint density at radius 2 is 1.68 bits per heavy atom. The summed E-state index contributed by atoms with van der Waals surface area (Å²) >= 11 is 0. The summed E-state index contributed by atoms with van der Waals surface area (Å²) in [5.41, 5.74) is -4.95. The van der Waals surface area contributed by atoms with Crippen molar-refractivity contribution < 1.29 is 31.0 Å². The summed E-state index contributed by atoms with van der Waals surface area (Å²) in [4.78, 5) is 14.0. The van der Waals surface area contributed by atoms with Gasteiger partial charge in [-0.15, -0.1) is 0 Å². The molecule has 0 radical (unpaired) electrons. The quantitative estimate of drug-likeness (QED) is 0.678. The van der Waals surface area contributed by atoms with Crippen LogP contribution in [0.3, 0.4) is 0 Å². The Kier molecular flexibility index (Phi) is 3.69. The van der Waals surface area contributed by atoms with Crippen molar-refractivity contribution in [2.75, 3.05) is 5.32 Å². The van der Waals surface area contributed by atoms with Crippen molar-refractivity contribution in [1.82, 2.24) is 15.3 Å². The van der Waals surface area contributed by atoms with Crippen molar-refractivity contribution in [3.8, 4) is 0 Å². The highest BCUT2D eigenvalue weighted by atomic mass is 19.4. The van der Waals surface area contributed by atoms with Crippen LogP contribution >= 0.6 is 0 Å². The fraction of sp³-hybridized carbons (Fsp3) is 0.154. The number of halogens is 6. The molecule has 0 aliphatic rings. The van der Waals surface area contributed by atoms with Crippen molar-refractivity contribution in [2.45, 2.75) is 12.4 Å². The molecule has 0 aliphatic carbocycles. The molecule has 0 unspecified atom stereocenters. The highest BCUT2D eigenvalue weighted by molar-refractivity contribution is 5.75. The van der Waals surface area contributed by atoms with Crippen LogP contribution in [0.5, 0.6) is 0 Å². The van der Waals surface area contributed by atoms with E-state index >= 15 is 0 Å². The van der Waals surface area contributed by atoms with Crippen molar-refractivity contribution in [1.29, 1.82) is 0 Å². The number of pyridine rings is 1. The summed E-state index contributed by atoms with van der Waals surface area (Å²) < 4.78 is 81.6. The zero-order valence-electron chi connectivity index (χ0n) is 11.8. The summed E-state index contributed by atoms with van der Waals surface area (Å²) in [6, 6.07) is 2.09. The number of fused-ring (bicyclic) bond motifs is 1. The number of benzene rings is 1. The van der Waals surface area contributed by atoms with Gasteiger partial charge in [-0.2, -0.15) is 26.3 Å². The highest BCUT2D eigenvalue weighted by Gasteiger charge is 2.38. The van der Waals surface area contributed by atoms with Gasteiger partial charge in [-0.25, -0.2) is 4.63 Å². The van der Waals surface area contributed by atoms with Gasteiger partial charge in [-0.1, -0.05) is 0 Å². The number of nitrogens with one attached hydrogen (secondary N) is 2. The molecule has 0 spiro atoms. The molecule has 3 aromatic rings. The van der Waals surface area contributed by atoms with E-state index in [1.165, 1.54) is 0 Å². The molecular formula is C13H6F6N4O2. The molecule has 0 fully saturated rings. The normalized spacial score (nSPS) is 12.6. The first kappa shape index (κ1) is 16.8. The number of hydrogen-bond donors (Lipinski definition) is 2. The molecule has 2 heterocycles. The Balaban J connectivity index is 2.09. The number of nitrogens with zero attached hydrogens (tertiary/aromatic N) is 2. The third-order valence-corrected chi connectivity index (χ3v) is 3.19. The van der Waals surface area contributed by atoms with Crippen molar-refractivity contribution in [3.05, 3.63) is 45.7 Å². The molecule has 0 aliphatic heterocycles. The molecule has 25 heavy (non-hydrogen) atoms. The average molecular weight is 364 g/mol. The van der Waals surface area contributed by atoms with Gasteiger partial charge >= 0.3 is 12.4 Å². The molecule has 0 bridgehead atoms. The lowest BCUT2D eigenvalue weighted by molar-refractivity contribution is -0.142. The Morgan fingerprint density at radius 1 is 0.960 bits per heavy atom. The number of hydrogen-bond acceptors (Lipinski definition) is 5. The minimum Gasteiger partial charge on any atom is -0.350 e. The molecule has 2 aromatic heterocycles. The van der Waals surface area contributed by atoms with E-state index in [-0.39, 0.29) is 22.9 Å².